The third-order valence-corrected chi connectivity index (χ3v) is 7.56. The average Bonchev–Trinajstić information content (AvgIpc) is 3.23. The second-order valence-corrected chi connectivity index (χ2v) is 9.73. The van der Waals surface area contributed by atoms with Crippen LogP contribution in [-0.4, -0.2) is 62.8 Å². The molecule has 1 N–H and O–H groups in total. The second kappa shape index (κ2) is 8.75. The van der Waals surface area contributed by atoms with Crippen LogP contribution in [-0.2, 0) is 16.6 Å². The lowest BCUT2D eigenvalue weighted by molar-refractivity contribution is 0.448. The molecule has 2 aromatic rings. The van der Waals surface area contributed by atoms with Crippen LogP contribution in [0.1, 0.15) is 10.7 Å². The van der Waals surface area contributed by atoms with E-state index in [1.54, 1.807) is 42.9 Å². The SMILES string of the molecule is CN=C(NCCN(C)S(=O)(=O)c1cccs1)N(C)Cc1csc(C)n1. The fraction of sp³-hybridized carbons (Fsp3) is 0.467. The molecule has 7 nitrogen and oxygen atoms in total. The highest BCUT2D eigenvalue weighted by Gasteiger charge is 2.21. The highest BCUT2D eigenvalue weighted by molar-refractivity contribution is 7.91. The molecule has 0 aliphatic carbocycles. The standard InChI is InChI=1S/C15H23N5O2S3/c1-12-18-13(11-24-12)10-19(3)15(16-2)17-7-8-20(4)25(21,22)14-6-5-9-23-14/h5-6,9,11H,7-8,10H2,1-4H3,(H,16,17). The molecule has 10 heteroatoms. The van der Waals surface area contributed by atoms with Crippen LogP contribution >= 0.6 is 22.7 Å². The summed E-state index contributed by atoms with van der Waals surface area (Å²) in [7, 11) is 1.80. The monoisotopic (exact) mass is 401 g/mol. The molecule has 0 saturated heterocycles. The Morgan fingerprint density at radius 3 is 2.68 bits per heavy atom. The van der Waals surface area contributed by atoms with E-state index >= 15 is 0 Å². The second-order valence-electron chi connectivity index (χ2n) is 5.45. The maximum absolute atomic E-state index is 12.4. The largest absolute Gasteiger partial charge is 0.355 e. The van der Waals surface area contributed by atoms with Gasteiger partial charge in [-0.15, -0.1) is 22.7 Å². The summed E-state index contributed by atoms with van der Waals surface area (Å²) in [5, 5.41) is 8.02. The first-order chi connectivity index (χ1) is 11.8. The molecule has 0 fully saturated rings. The van der Waals surface area contributed by atoms with Crippen molar-refractivity contribution in [3.8, 4) is 0 Å². The van der Waals surface area contributed by atoms with Crippen molar-refractivity contribution >= 4 is 38.7 Å². The van der Waals surface area contributed by atoms with Crippen molar-refractivity contribution in [3.63, 3.8) is 0 Å². The number of hydrogen-bond acceptors (Lipinski definition) is 6. The molecule has 0 radical (unpaired) electrons. The number of nitrogens with zero attached hydrogens (tertiary/aromatic N) is 4. The fourth-order valence-corrected chi connectivity index (χ4v) is 5.17. The van der Waals surface area contributed by atoms with Crippen LogP contribution in [0, 0.1) is 6.92 Å². The van der Waals surface area contributed by atoms with Gasteiger partial charge in [0.25, 0.3) is 10.0 Å². The van der Waals surface area contributed by atoms with E-state index in [0.717, 1.165) is 10.7 Å². The quantitative estimate of drug-likeness (QED) is 0.566. The van der Waals surface area contributed by atoms with Crippen LogP contribution in [0.2, 0.25) is 0 Å². The Morgan fingerprint density at radius 1 is 1.36 bits per heavy atom. The van der Waals surface area contributed by atoms with Crippen LogP contribution in [0.5, 0.6) is 0 Å². The summed E-state index contributed by atoms with van der Waals surface area (Å²) in [6.07, 6.45) is 0. The zero-order chi connectivity index (χ0) is 18.4. The maximum Gasteiger partial charge on any atom is 0.252 e. The number of nitrogens with one attached hydrogen (secondary N) is 1. The van der Waals surface area contributed by atoms with Crippen molar-refractivity contribution in [2.24, 2.45) is 4.99 Å². The minimum atomic E-state index is -3.42. The van der Waals surface area contributed by atoms with Crippen LogP contribution in [0.15, 0.2) is 32.1 Å². The van der Waals surface area contributed by atoms with Crippen LogP contribution in [0.4, 0.5) is 0 Å². The zero-order valence-electron chi connectivity index (χ0n) is 14.8. The topological polar surface area (TPSA) is 77.9 Å². The summed E-state index contributed by atoms with van der Waals surface area (Å²) in [4.78, 5) is 10.6. The van der Waals surface area contributed by atoms with E-state index in [2.05, 4.69) is 15.3 Å². The molecular formula is C15H23N5O2S3. The Kier molecular flexibility index (Phi) is 6.94. The van der Waals surface area contributed by atoms with Gasteiger partial charge < -0.3 is 10.2 Å². The first-order valence-electron chi connectivity index (χ1n) is 7.67. The van der Waals surface area contributed by atoms with Crippen molar-refractivity contribution in [2.45, 2.75) is 17.7 Å². The van der Waals surface area contributed by atoms with Gasteiger partial charge in [0, 0.05) is 39.6 Å². The first-order valence-corrected chi connectivity index (χ1v) is 10.9. The fourth-order valence-electron chi connectivity index (χ4n) is 2.19. The molecule has 0 atom stereocenters. The van der Waals surface area contributed by atoms with E-state index in [9.17, 15) is 8.42 Å². The number of rotatable bonds is 7. The van der Waals surface area contributed by atoms with Gasteiger partial charge in [-0.3, -0.25) is 4.99 Å². The Morgan fingerprint density at radius 2 is 2.12 bits per heavy atom. The molecule has 0 spiro atoms. The number of aromatic nitrogens is 1. The summed E-state index contributed by atoms with van der Waals surface area (Å²) in [5.74, 6) is 0.701. The number of hydrogen-bond donors (Lipinski definition) is 1. The summed E-state index contributed by atoms with van der Waals surface area (Å²) < 4.78 is 26.5. The predicted octanol–water partition coefficient (Wildman–Crippen LogP) is 1.84. The molecule has 2 rings (SSSR count). The lowest BCUT2D eigenvalue weighted by atomic mass is 10.4. The van der Waals surface area contributed by atoms with E-state index in [-0.39, 0.29) is 0 Å². The number of thiophene rings is 1. The summed E-state index contributed by atoms with van der Waals surface area (Å²) in [6, 6.07) is 3.35. The molecule has 0 unspecified atom stereocenters. The number of sulfonamides is 1. The van der Waals surface area contributed by atoms with Gasteiger partial charge in [-0.2, -0.15) is 4.31 Å². The smallest absolute Gasteiger partial charge is 0.252 e. The Balaban J connectivity index is 1.86. The highest BCUT2D eigenvalue weighted by atomic mass is 32.2. The number of aliphatic imine (C=N–C) groups is 1. The minimum Gasteiger partial charge on any atom is -0.355 e. The molecule has 0 aliphatic rings. The number of likely N-dealkylation sites (N-methyl/N-ethyl adjacent to an activating group) is 1. The highest BCUT2D eigenvalue weighted by Crippen LogP contribution is 2.19. The molecule has 2 aromatic heterocycles. The molecule has 0 bridgehead atoms. The third kappa shape index (κ3) is 5.24. The molecule has 0 saturated carbocycles. The van der Waals surface area contributed by atoms with E-state index in [4.69, 9.17) is 0 Å². The van der Waals surface area contributed by atoms with Gasteiger partial charge in [0.05, 0.1) is 17.2 Å². The van der Waals surface area contributed by atoms with Gasteiger partial charge in [-0.1, -0.05) is 6.07 Å². The van der Waals surface area contributed by atoms with Crippen molar-refractivity contribution < 1.29 is 8.42 Å². The normalized spacial score (nSPS) is 12.6. The summed E-state index contributed by atoms with van der Waals surface area (Å²) in [6.45, 7) is 3.44. The Hall–Kier alpha value is -1.49. The number of aryl methyl sites for hydroxylation is 1. The maximum atomic E-state index is 12.4. The van der Waals surface area contributed by atoms with E-state index < -0.39 is 10.0 Å². The molecule has 0 aliphatic heterocycles. The third-order valence-electron chi connectivity index (χ3n) is 3.51. The molecule has 25 heavy (non-hydrogen) atoms. The van der Waals surface area contributed by atoms with Crippen molar-refractivity contribution in [3.05, 3.63) is 33.6 Å². The van der Waals surface area contributed by atoms with Gasteiger partial charge >= 0.3 is 0 Å². The molecule has 0 aromatic carbocycles. The van der Waals surface area contributed by atoms with Crippen molar-refractivity contribution in [1.82, 2.24) is 19.5 Å². The Labute approximate surface area is 157 Å². The van der Waals surface area contributed by atoms with Gasteiger partial charge in [0.15, 0.2) is 5.96 Å². The molecular weight excluding hydrogens is 378 g/mol. The first kappa shape index (κ1) is 19.8. The minimum absolute atomic E-state index is 0.350. The van der Waals surface area contributed by atoms with Gasteiger partial charge in [0.2, 0.25) is 0 Å². The molecule has 138 valence electrons. The zero-order valence-corrected chi connectivity index (χ0v) is 17.2. The van der Waals surface area contributed by atoms with Crippen LogP contribution < -0.4 is 5.32 Å². The molecule has 2 heterocycles. The van der Waals surface area contributed by atoms with Crippen LogP contribution in [0.3, 0.4) is 0 Å². The Bertz CT molecular complexity index is 799. The van der Waals surface area contributed by atoms with E-state index in [0.29, 0.717) is 29.8 Å². The predicted molar refractivity (Wildman–Crippen MR) is 104 cm³/mol. The van der Waals surface area contributed by atoms with Gasteiger partial charge in [-0.25, -0.2) is 13.4 Å². The average molecular weight is 402 g/mol. The number of guanidine groups is 1. The van der Waals surface area contributed by atoms with Crippen molar-refractivity contribution in [1.29, 1.82) is 0 Å². The molecule has 0 amide bonds. The van der Waals surface area contributed by atoms with Gasteiger partial charge in [0.1, 0.15) is 4.21 Å². The lowest BCUT2D eigenvalue weighted by Gasteiger charge is -2.22. The van der Waals surface area contributed by atoms with E-state index in [1.165, 1.54) is 15.6 Å². The van der Waals surface area contributed by atoms with E-state index in [1.807, 2.05) is 24.3 Å². The lowest BCUT2D eigenvalue weighted by Crippen LogP contribution is -2.42. The summed E-state index contributed by atoms with van der Waals surface area (Å²) in [5.41, 5.74) is 0.991. The summed E-state index contributed by atoms with van der Waals surface area (Å²) >= 11 is 2.84. The van der Waals surface area contributed by atoms with Gasteiger partial charge in [-0.05, 0) is 18.4 Å². The van der Waals surface area contributed by atoms with Crippen molar-refractivity contribution in [2.75, 3.05) is 34.2 Å². The van der Waals surface area contributed by atoms with Crippen LogP contribution in [0.25, 0.3) is 0 Å². The number of thiazole rings is 1.